The Labute approximate surface area is 121 Å². The molecular formula is C14H13Cl2FN2. The molecule has 1 atom stereocenters. The smallest absolute Gasteiger partial charge is 0.146 e. The summed E-state index contributed by atoms with van der Waals surface area (Å²) in [6.07, 6.45) is 2.75. The molecular weight excluding hydrogens is 286 g/mol. The molecule has 19 heavy (non-hydrogen) atoms. The highest BCUT2D eigenvalue weighted by atomic mass is 35.5. The number of pyridine rings is 1. The number of halogens is 3. The van der Waals surface area contributed by atoms with Gasteiger partial charge in [0.05, 0.1) is 22.3 Å². The van der Waals surface area contributed by atoms with Crippen LogP contribution in [0.1, 0.15) is 24.1 Å². The molecule has 2 nitrogen and oxygen atoms in total. The molecule has 0 saturated heterocycles. The van der Waals surface area contributed by atoms with E-state index in [1.165, 1.54) is 6.20 Å². The van der Waals surface area contributed by atoms with Crippen LogP contribution in [0, 0.1) is 5.82 Å². The summed E-state index contributed by atoms with van der Waals surface area (Å²) in [5.74, 6) is -0.371. The van der Waals surface area contributed by atoms with Crippen molar-refractivity contribution in [2.45, 2.75) is 13.0 Å². The lowest BCUT2D eigenvalue weighted by atomic mass is 9.99. The topological polar surface area (TPSA) is 24.9 Å². The van der Waals surface area contributed by atoms with E-state index in [4.69, 9.17) is 23.2 Å². The van der Waals surface area contributed by atoms with Gasteiger partial charge >= 0.3 is 0 Å². The molecule has 1 aromatic carbocycles. The van der Waals surface area contributed by atoms with Crippen molar-refractivity contribution in [1.29, 1.82) is 0 Å². The monoisotopic (exact) mass is 298 g/mol. The van der Waals surface area contributed by atoms with Crippen molar-refractivity contribution in [3.05, 3.63) is 63.6 Å². The Kier molecular flexibility index (Phi) is 4.75. The molecule has 0 aliphatic rings. The molecule has 0 spiro atoms. The number of nitrogens with one attached hydrogen (secondary N) is 1. The van der Waals surface area contributed by atoms with Gasteiger partial charge in [-0.1, -0.05) is 42.3 Å². The molecule has 1 N–H and O–H groups in total. The summed E-state index contributed by atoms with van der Waals surface area (Å²) in [7, 11) is 0. The molecule has 0 amide bonds. The van der Waals surface area contributed by atoms with Gasteiger partial charge in [0.25, 0.3) is 0 Å². The van der Waals surface area contributed by atoms with E-state index in [9.17, 15) is 4.39 Å². The summed E-state index contributed by atoms with van der Waals surface area (Å²) in [6, 6.07) is 6.63. The predicted molar refractivity (Wildman–Crippen MR) is 76.2 cm³/mol. The Morgan fingerprint density at radius 2 is 2.05 bits per heavy atom. The maximum atomic E-state index is 13.9. The summed E-state index contributed by atoms with van der Waals surface area (Å²) in [5.41, 5.74) is 1.25. The highest BCUT2D eigenvalue weighted by molar-refractivity contribution is 6.42. The minimum Gasteiger partial charge on any atom is -0.306 e. The number of aromatic nitrogens is 1. The number of rotatable bonds is 4. The van der Waals surface area contributed by atoms with Gasteiger partial charge in [-0.25, -0.2) is 4.39 Å². The molecule has 5 heteroatoms. The van der Waals surface area contributed by atoms with Gasteiger partial charge in [-0.2, -0.15) is 0 Å². The second kappa shape index (κ2) is 6.33. The van der Waals surface area contributed by atoms with E-state index in [2.05, 4.69) is 10.3 Å². The molecule has 1 heterocycles. The Bertz CT molecular complexity index is 575. The average molecular weight is 299 g/mol. The normalized spacial score (nSPS) is 12.4. The third kappa shape index (κ3) is 3.06. The van der Waals surface area contributed by atoms with Crippen LogP contribution in [0.2, 0.25) is 10.0 Å². The van der Waals surface area contributed by atoms with E-state index in [0.717, 1.165) is 5.56 Å². The molecule has 0 bridgehead atoms. The van der Waals surface area contributed by atoms with Gasteiger partial charge in [0, 0.05) is 11.8 Å². The van der Waals surface area contributed by atoms with Gasteiger partial charge in [-0.15, -0.1) is 0 Å². The van der Waals surface area contributed by atoms with E-state index in [-0.39, 0.29) is 11.9 Å². The fourth-order valence-corrected chi connectivity index (χ4v) is 2.37. The zero-order valence-corrected chi connectivity index (χ0v) is 11.8. The van der Waals surface area contributed by atoms with Crippen LogP contribution in [0.5, 0.6) is 0 Å². The summed E-state index contributed by atoms with van der Waals surface area (Å²) in [6.45, 7) is 2.62. The fraction of sp³-hybridized carbons (Fsp3) is 0.214. The second-order valence-corrected chi connectivity index (χ2v) is 4.82. The molecule has 1 aromatic heterocycles. The Hall–Kier alpha value is -1.16. The number of benzene rings is 1. The first-order chi connectivity index (χ1) is 9.15. The SMILES string of the molecule is CCNC(c1ccncc1F)c1cccc(Cl)c1Cl. The summed E-state index contributed by atoms with van der Waals surface area (Å²) in [5, 5.41) is 4.10. The van der Waals surface area contributed by atoms with Gasteiger partial charge < -0.3 is 5.32 Å². The van der Waals surface area contributed by atoms with Crippen LogP contribution in [0.3, 0.4) is 0 Å². The lowest BCUT2D eigenvalue weighted by Crippen LogP contribution is -2.23. The third-order valence-corrected chi connectivity index (χ3v) is 3.65. The average Bonchev–Trinajstić information content (AvgIpc) is 2.41. The molecule has 0 fully saturated rings. The van der Waals surface area contributed by atoms with Crippen LogP contribution in [-0.4, -0.2) is 11.5 Å². The minimum absolute atomic E-state index is 0.348. The predicted octanol–water partition coefficient (Wildman–Crippen LogP) is 4.23. The Balaban J connectivity index is 2.52. The highest BCUT2D eigenvalue weighted by Gasteiger charge is 2.20. The zero-order valence-electron chi connectivity index (χ0n) is 10.3. The van der Waals surface area contributed by atoms with Gasteiger partial charge in [-0.05, 0) is 24.2 Å². The molecule has 1 unspecified atom stereocenters. The van der Waals surface area contributed by atoms with Gasteiger partial charge in [0.1, 0.15) is 5.82 Å². The van der Waals surface area contributed by atoms with E-state index < -0.39 is 0 Å². The molecule has 2 rings (SSSR count). The summed E-state index contributed by atoms with van der Waals surface area (Å²) < 4.78 is 13.9. The molecule has 0 radical (unpaired) electrons. The Morgan fingerprint density at radius 1 is 1.26 bits per heavy atom. The van der Waals surface area contributed by atoms with Crippen LogP contribution in [0.4, 0.5) is 4.39 Å². The molecule has 0 aliphatic carbocycles. The molecule has 2 aromatic rings. The summed E-state index contributed by atoms with van der Waals surface area (Å²) in [4.78, 5) is 3.76. The van der Waals surface area contributed by atoms with Crippen LogP contribution in [-0.2, 0) is 0 Å². The minimum atomic E-state index is -0.371. The molecule has 100 valence electrons. The maximum Gasteiger partial charge on any atom is 0.146 e. The number of nitrogens with zero attached hydrogens (tertiary/aromatic N) is 1. The lowest BCUT2D eigenvalue weighted by Gasteiger charge is -2.20. The van der Waals surface area contributed by atoms with Crippen LogP contribution in [0.15, 0.2) is 36.7 Å². The second-order valence-electron chi connectivity index (χ2n) is 4.03. The van der Waals surface area contributed by atoms with Crippen LogP contribution >= 0.6 is 23.2 Å². The zero-order chi connectivity index (χ0) is 13.8. The third-order valence-electron chi connectivity index (χ3n) is 2.82. The van der Waals surface area contributed by atoms with E-state index in [0.29, 0.717) is 22.2 Å². The highest BCUT2D eigenvalue weighted by Crippen LogP contribution is 2.33. The van der Waals surface area contributed by atoms with Crippen molar-refractivity contribution in [2.24, 2.45) is 0 Å². The number of hydrogen-bond donors (Lipinski definition) is 1. The Morgan fingerprint density at radius 3 is 2.74 bits per heavy atom. The van der Waals surface area contributed by atoms with Gasteiger partial charge in [0.15, 0.2) is 0 Å². The van der Waals surface area contributed by atoms with Crippen molar-refractivity contribution in [2.75, 3.05) is 6.54 Å². The van der Waals surface area contributed by atoms with Crippen molar-refractivity contribution in [3.63, 3.8) is 0 Å². The first kappa shape index (κ1) is 14.3. The first-order valence-electron chi connectivity index (χ1n) is 5.91. The van der Waals surface area contributed by atoms with Crippen molar-refractivity contribution >= 4 is 23.2 Å². The van der Waals surface area contributed by atoms with E-state index in [1.807, 2.05) is 13.0 Å². The first-order valence-corrected chi connectivity index (χ1v) is 6.67. The van der Waals surface area contributed by atoms with Gasteiger partial charge in [-0.3, -0.25) is 4.98 Å². The summed E-state index contributed by atoms with van der Waals surface area (Å²) >= 11 is 12.2. The van der Waals surface area contributed by atoms with Crippen LogP contribution in [0.25, 0.3) is 0 Å². The van der Waals surface area contributed by atoms with Crippen molar-refractivity contribution < 1.29 is 4.39 Å². The van der Waals surface area contributed by atoms with E-state index in [1.54, 1.807) is 24.4 Å². The van der Waals surface area contributed by atoms with Crippen molar-refractivity contribution in [3.8, 4) is 0 Å². The molecule has 0 aliphatic heterocycles. The lowest BCUT2D eigenvalue weighted by molar-refractivity contribution is 0.555. The maximum absolute atomic E-state index is 13.9. The van der Waals surface area contributed by atoms with Crippen LogP contribution < -0.4 is 5.32 Å². The standard InChI is InChI=1S/C14H13Cl2FN2/c1-2-19-14(9-6-7-18-8-12(9)17)10-4-3-5-11(15)13(10)16/h3-8,14,19H,2H2,1H3. The fourth-order valence-electron chi connectivity index (χ4n) is 1.96. The van der Waals surface area contributed by atoms with Gasteiger partial charge in [0.2, 0.25) is 0 Å². The largest absolute Gasteiger partial charge is 0.306 e. The number of hydrogen-bond acceptors (Lipinski definition) is 2. The molecule has 0 saturated carbocycles. The van der Waals surface area contributed by atoms with Crippen molar-refractivity contribution in [1.82, 2.24) is 10.3 Å². The quantitative estimate of drug-likeness (QED) is 0.914. The van der Waals surface area contributed by atoms with E-state index >= 15 is 0 Å².